The van der Waals surface area contributed by atoms with Gasteiger partial charge in [0.1, 0.15) is 6.17 Å². The topological polar surface area (TPSA) is 119 Å². The number of likely N-dealkylation sites (N-methyl/N-ethyl adjacent to an activating group) is 1. The van der Waals surface area contributed by atoms with E-state index in [0.717, 1.165) is 97.7 Å². The fourth-order valence-corrected chi connectivity index (χ4v) is 12.0. The zero-order chi connectivity index (χ0) is 37.6. The van der Waals surface area contributed by atoms with Crippen LogP contribution in [-0.2, 0) is 28.6 Å². The summed E-state index contributed by atoms with van der Waals surface area (Å²) in [6.45, 7) is 10.6. The van der Waals surface area contributed by atoms with Gasteiger partial charge < -0.3 is 39.5 Å². The average Bonchev–Trinajstić information content (AvgIpc) is 3.80. The van der Waals surface area contributed by atoms with Gasteiger partial charge in [0.15, 0.2) is 5.78 Å². The van der Waals surface area contributed by atoms with E-state index in [1.807, 2.05) is 6.20 Å². The van der Waals surface area contributed by atoms with Crippen LogP contribution in [0.3, 0.4) is 0 Å². The largest absolute Gasteiger partial charge is 0.379 e. The predicted molar refractivity (Wildman–Crippen MR) is 203 cm³/mol. The van der Waals surface area contributed by atoms with Crippen molar-refractivity contribution >= 4 is 17.6 Å². The fraction of sp³-hybridized carbons (Fsp3) is 0.878. The van der Waals surface area contributed by atoms with Gasteiger partial charge in [0.05, 0.1) is 61.3 Å². The van der Waals surface area contributed by atoms with E-state index in [4.69, 9.17) is 14.2 Å². The first-order valence-corrected chi connectivity index (χ1v) is 21.8. The summed E-state index contributed by atoms with van der Waals surface area (Å²) in [5.41, 5.74) is 0.154. The molecule has 0 aromatic rings. The number of ketones is 1. The lowest BCUT2D eigenvalue weighted by Gasteiger charge is -2.61. The molecular formula is C41H64FN7O6. The third-order valence-corrected chi connectivity index (χ3v) is 15.0. The van der Waals surface area contributed by atoms with E-state index in [0.29, 0.717) is 44.0 Å². The standard InChI is InChI=1S/C41H64FN7O6/c1-45-13-15-47(16-14-45)11-8-36(50)44-26-7-12-48(24-26)38-31(42)21-29-37-40(38)55-35-22-28-27-5-2-3-6-33(27)54-34(28)23-32(35)49(37)25-30(39(29)51)41(52)43-9-4-10-46-17-19-53-20-18-46/h25-29,31-35,37-38,40H,2-24H2,1H3,(H,43,52)(H,44,50)/t26-,27?,28?,29?,31?,32?,33?,34?,35?,37?,38?,40?/m1/s1. The molecule has 13 nitrogen and oxygen atoms in total. The SMILES string of the molecule is CN1CCN(CCC(=O)N[C@@H]2CCN(C3C(F)CC4C(=O)C(C(=O)NCCCN5CCOCC5)=CN5C6CC7OC8CCCCC8C7CC6OC3C45)C2)CC1. The number of alkyl halides is 1. The summed E-state index contributed by atoms with van der Waals surface area (Å²) >= 11 is 0. The Hall–Kier alpha value is -2.20. The van der Waals surface area contributed by atoms with Crippen molar-refractivity contribution in [3.05, 3.63) is 11.8 Å². The number of carbonyl (C=O) groups is 3. The Morgan fingerprint density at radius 3 is 2.49 bits per heavy atom. The normalized spacial score (nSPS) is 41.2. The van der Waals surface area contributed by atoms with Gasteiger partial charge in [-0.15, -0.1) is 0 Å². The highest BCUT2D eigenvalue weighted by Crippen LogP contribution is 2.53. The lowest BCUT2D eigenvalue weighted by Crippen LogP contribution is -2.73. The molecule has 2 N–H and O–H groups in total. The molecule has 11 unspecified atom stereocenters. The van der Waals surface area contributed by atoms with Crippen LogP contribution in [0.25, 0.3) is 0 Å². The number of rotatable bonds is 10. The number of nitrogens with one attached hydrogen (secondary N) is 2. The molecule has 8 fully saturated rings. The molecule has 55 heavy (non-hydrogen) atoms. The number of nitrogens with zero attached hydrogens (tertiary/aromatic N) is 5. The number of morpholine rings is 2. The van der Waals surface area contributed by atoms with Gasteiger partial charge in [-0.3, -0.25) is 24.2 Å². The Bertz CT molecular complexity index is 1440. The summed E-state index contributed by atoms with van der Waals surface area (Å²) in [5.74, 6) is -0.256. The number of halogens is 1. The Balaban J connectivity index is 0.905. The molecule has 3 aliphatic carbocycles. The first kappa shape index (κ1) is 38.3. The zero-order valence-corrected chi connectivity index (χ0v) is 32.8. The number of amides is 2. The Kier molecular flexibility index (Phi) is 11.6. The first-order valence-electron chi connectivity index (χ1n) is 21.8. The molecule has 6 heterocycles. The second-order valence-corrected chi connectivity index (χ2v) is 18.2. The summed E-state index contributed by atoms with van der Waals surface area (Å²) in [6, 6.07) is -0.946. The molecule has 3 saturated carbocycles. The summed E-state index contributed by atoms with van der Waals surface area (Å²) in [4.78, 5) is 52.6. The second-order valence-electron chi connectivity index (χ2n) is 18.2. The van der Waals surface area contributed by atoms with Crippen LogP contribution in [0.2, 0.25) is 0 Å². The number of fused-ring (bicyclic) bond motifs is 5. The molecule has 9 aliphatic rings. The van der Waals surface area contributed by atoms with E-state index in [-0.39, 0.29) is 59.9 Å². The van der Waals surface area contributed by atoms with Crippen molar-refractivity contribution in [3.63, 3.8) is 0 Å². The summed E-state index contributed by atoms with van der Waals surface area (Å²) in [6.07, 6.45) is 8.85. The number of Topliss-reactive ketones (excluding diaryl/α,β-unsaturated/α-hetero) is 1. The van der Waals surface area contributed by atoms with Crippen LogP contribution in [0.5, 0.6) is 0 Å². The Morgan fingerprint density at radius 1 is 0.855 bits per heavy atom. The van der Waals surface area contributed by atoms with Crippen LogP contribution in [0.4, 0.5) is 4.39 Å². The molecule has 12 atom stereocenters. The van der Waals surface area contributed by atoms with Gasteiger partial charge in [-0.25, -0.2) is 4.39 Å². The molecule has 6 aliphatic heterocycles. The van der Waals surface area contributed by atoms with Crippen molar-refractivity contribution in [2.75, 3.05) is 92.3 Å². The van der Waals surface area contributed by atoms with Crippen molar-refractivity contribution in [3.8, 4) is 0 Å². The van der Waals surface area contributed by atoms with Gasteiger partial charge >= 0.3 is 0 Å². The zero-order valence-electron chi connectivity index (χ0n) is 32.8. The fourth-order valence-electron chi connectivity index (χ4n) is 12.0. The predicted octanol–water partition coefficient (Wildman–Crippen LogP) is 1.02. The minimum Gasteiger partial charge on any atom is -0.379 e. The van der Waals surface area contributed by atoms with Gasteiger partial charge in [0.25, 0.3) is 5.91 Å². The Morgan fingerprint density at radius 2 is 1.65 bits per heavy atom. The maximum atomic E-state index is 16.8. The molecule has 0 aromatic carbocycles. The van der Waals surface area contributed by atoms with E-state index < -0.39 is 24.2 Å². The van der Waals surface area contributed by atoms with E-state index >= 15 is 4.39 Å². The van der Waals surface area contributed by atoms with Crippen LogP contribution in [0, 0.1) is 17.8 Å². The summed E-state index contributed by atoms with van der Waals surface area (Å²) in [7, 11) is 2.13. The van der Waals surface area contributed by atoms with Crippen LogP contribution >= 0.6 is 0 Å². The maximum Gasteiger partial charge on any atom is 0.256 e. The molecule has 9 rings (SSSR count). The summed E-state index contributed by atoms with van der Waals surface area (Å²) in [5, 5.41) is 6.30. The van der Waals surface area contributed by atoms with Crippen LogP contribution in [0.15, 0.2) is 11.8 Å². The van der Waals surface area contributed by atoms with Gasteiger partial charge in [0.2, 0.25) is 5.91 Å². The Labute approximate surface area is 325 Å². The molecule has 14 heteroatoms. The number of hydrogen-bond donors (Lipinski definition) is 2. The number of likely N-dealkylation sites (tertiary alicyclic amines) is 1. The van der Waals surface area contributed by atoms with E-state index in [1.54, 1.807) is 0 Å². The lowest BCUT2D eigenvalue weighted by molar-refractivity contribution is -0.220. The second kappa shape index (κ2) is 16.6. The number of hydrogen-bond acceptors (Lipinski definition) is 11. The molecule has 306 valence electrons. The number of ether oxygens (including phenoxy) is 3. The van der Waals surface area contributed by atoms with E-state index in [9.17, 15) is 14.4 Å². The van der Waals surface area contributed by atoms with Crippen molar-refractivity contribution in [2.24, 2.45) is 17.8 Å². The number of piperazine rings is 1. The van der Waals surface area contributed by atoms with Gasteiger partial charge in [0, 0.05) is 90.0 Å². The number of carbonyl (C=O) groups excluding carboxylic acids is 3. The van der Waals surface area contributed by atoms with Crippen molar-refractivity contribution in [1.82, 2.24) is 35.1 Å². The van der Waals surface area contributed by atoms with Crippen LogP contribution in [0.1, 0.15) is 64.2 Å². The van der Waals surface area contributed by atoms with Crippen molar-refractivity contribution in [2.45, 2.75) is 119 Å². The molecule has 0 aromatic heterocycles. The average molecular weight is 770 g/mol. The van der Waals surface area contributed by atoms with E-state index in [2.05, 4.69) is 42.2 Å². The molecular weight excluding hydrogens is 705 g/mol. The third-order valence-electron chi connectivity index (χ3n) is 15.0. The monoisotopic (exact) mass is 769 g/mol. The van der Waals surface area contributed by atoms with Gasteiger partial charge in [-0.1, -0.05) is 12.8 Å². The van der Waals surface area contributed by atoms with Crippen LogP contribution in [-0.4, -0.2) is 189 Å². The smallest absolute Gasteiger partial charge is 0.256 e. The minimum atomic E-state index is -1.29. The van der Waals surface area contributed by atoms with Gasteiger partial charge in [-0.05, 0) is 70.4 Å². The minimum absolute atomic E-state index is 0.0369. The maximum absolute atomic E-state index is 16.8. The first-order chi connectivity index (χ1) is 26.8. The molecule has 0 bridgehead atoms. The van der Waals surface area contributed by atoms with E-state index in [1.165, 1.54) is 19.3 Å². The molecule has 5 saturated heterocycles. The van der Waals surface area contributed by atoms with Gasteiger partial charge in [-0.2, -0.15) is 0 Å². The summed E-state index contributed by atoms with van der Waals surface area (Å²) < 4.78 is 36.2. The van der Waals surface area contributed by atoms with Crippen molar-refractivity contribution < 1.29 is 33.0 Å². The third kappa shape index (κ3) is 7.87. The molecule has 0 spiro atoms. The quantitative estimate of drug-likeness (QED) is 0.245. The highest BCUT2D eigenvalue weighted by Gasteiger charge is 2.62. The molecule has 2 amide bonds. The van der Waals surface area contributed by atoms with Crippen molar-refractivity contribution in [1.29, 1.82) is 0 Å². The highest BCUT2D eigenvalue weighted by atomic mass is 19.1. The lowest BCUT2D eigenvalue weighted by atomic mass is 9.67. The van der Waals surface area contributed by atoms with Crippen LogP contribution < -0.4 is 10.6 Å². The molecule has 0 radical (unpaired) electrons. The highest BCUT2D eigenvalue weighted by molar-refractivity contribution is 6.20.